The van der Waals surface area contributed by atoms with Crippen molar-refractivity contribution in [1.29, 1.82) is 5.53 Å². The maximum atomic E-state index is 9.05. The molecule has 1 atom stereocenters. The van der Waals surface area contributed by atoms with Gasteiger partial charge in [0.15, 0.2) is 0 Å². The molecule has 0 aromatic heterocycles. The van der Waals surface area contributed by atoms with E-state index in [2.05, 4.69) is 37.7 Å². The zero-order valence-corrected chi connectivity index (χ0v) is 16.7. The number of halogens is 1. The highest BCUT2D eigenvalue weighted by Gasteiger charge is 2.23. The van der Waals surface area contributed by atoms with Crippen molar-refractivity contribution in [1.82, 2.24) is 5.32 Å². The molecule has 0 saturated heterocycles. The quantitative estimate of drug-likeness (QED) is 0.500. The molecule has 142 valence electrons. The number of rotatable bonds is 6. The molecule has 0 bridgehead atoms. The lowest BCUT2D eigenvalue weighted by Crippen LogP contribution is -2.16. The molecule has 2 aromatic rings. The molecule has 2 aromatic carbocycles. The number of nitrogens with one attached hydrogen (secondary N) is 3. The predicted octanol–water partition coefficient (Wildman–Crippen LogP) is 4.69. The molecule has 0 radical (unpaired) electrons. The molecule has 1 aliphatic rings. The van der Waals surface area contributed by atoms with E-state index >= 15 is 0 Å². The van der Waals surface area contributed by atoms with Gasteiger partial charge in [-0.1, -0.05) is 34.1 Å². The Hall–Kier alpha value is -2.38. The Kier molecular flexibility index (Phi) is 6.47. The van der Waals surface area contributed by atoms with Crippen LogP contribution >= 0.6 is 15.9 Å². The minimum absolute atomic E-state index is 0.0263. The summed E-state index contributed by atoms with van der Waals surface area (Å²) in [4.78, 5) is 0. The number of fused-ring (bicyclic) bond motifs is 1. The number of nitrogens with zero attached hydrogens (tertiary/aromatic N) is 1. The van der Waals surface area contributed by atoms with Crippen LogP contribution in [-0.2, 0) is 0 Å². The number of aliphatic hydroxyl groups is 1. The normalized spacial score (nSPS) is 18.0. The lowest BCUT2D eigenvalue weighted by Gasteiger charge is -2.22. The summed E-state index contributed by atoms with van der Waals surface area (Å²) in [5, 5.41) is 19.7. The largest absolute Gasteiger partial charge is 0.489 e. The van der Waals surface area contributed by atoms with E-state index in [-0.39, 0.29) is 19.3 Å². The minimum atomic E-state index is -0.0263. The first kappa shape index (κ1) is 19.4. The van der Waals surface area contributed by atoms with Crippen molar-refractivity contribution >= 4 is 27.3 Å². The molecular formula is C20H23BrN4O2. The van der Waals surface area contributed by atoms with Crippen molar-refractivity contribution in [3.05, 3.63) is 63.8 Å². The SMILES string of the molecule is C/C(N=N)=C1/NCCC(Nc2ccccc2OCCO)c2cc(Br)ccc21. The first-order chi connectivity index (χ1) is 13.1. The van der Waals surface area contributed by atoms with Gasteiger partial charge in [0.05, 0.1) is 29.7 Å². The molecule has 0 spiro atoms. The summed E-state index contributed by atoms with van der Waals surface area (Å²) in [5.74, 6) is 0.716. The number of benzene rings is 2. The van der Waals surface area contributed by atoms with E-state index in [0.29, 0.717) is 11.4 Å². The number of allylic oxidation sites excluding steroid dienone is 1. The predicted molar refractivity (Wildman–Crippen MR) is 110 cm³/mol. The van der Waals surface area contributed by atoms with E-state index in [1.54, 1.807) is 0 Å². The maximum absolute atomic E-state index is 9.05. The van der Waals surface area contributed by atoms with E-state index in [1.165, 1.54) is 0 Å². The van der Waals surface area contributed by atoms with Crippen LogP contribution in [0.25, 0.3) is 5.70 Å². The van der Waals surface area contributed by atoms with Crippen LogP contribution < -0.4 is 15.4 Å². The van der Waals surface area contributed by atoms with Crippen LogP contribution in [0.4, 0.5) is 5.69 Å². The molecule has 1 aliphatic heterocycles. The van der Waals surface area contributed by atoms with Gasteiger partial charge in [0.1, 0.15) is 12.4 Å². The summed E-state index contributed by atoms with van der Waals surface area (Å²) in [6, 6.07) is 13.9. The lowest BCUT2D eigenvalue weighted by atomic mass is 9.97. The molecule has 0 aliphatic carbocycles. The van der Waals surface area contributed by atoms with Crippen LogP contribution in [0.3, 0.4) is 0 Å². The fourth-order valence-electron chi connectivity index (χ4n) is 3.23. The van der Waals surface area contributed by atoms with Gasteiger partial charge >= 0.3 is 0 Å². The maximum Gasteiger partial charge on any atom is 0.142 e. The number of aliphatic hydroxyl groups excluding tert-OH is 1. The fourth-order valence-corrected chi connectivity index (χ4v) is 3.60. The molecule has 1 unspecified atom stereocenters. The Morgan fingerprint density at radius 2 is 2.19 bits per heavy atom. The first-order valence-corrected chi connectivity index (χ1v) is 9.64. The van der Waals surface area contributed by atoms with E-state index in [9.17, 15) is 0 Å². The molecule has 0 saturated carbocycles. The van der Waals surface area contributed by atoms with Crippen LogP contribution in [0.5, 0.6) is 5.75 Å². The van der Waals surface area contributed by atoms with Gasteiger partial charge in [-0.25, -0.2) is 5.53 Å². The topological polar surface area (TPSA) is 89.7 Å². The van der Waals surface area contributed by atoms with E-state index in [1.807, 2.05) is 43.3 Å². The molecule has 1 heterocycles. The van der Waals surface area contributed by atoms with Gasteiger partial charge in [0.25, 0.3) is 0 Å². The van der Waals surface area contributed by atoms with Crippen molar-refractivity contribution in [2.75, 3.05) is 25.1 Å². The number of ether oxygens (including phenoxy) is 1. The Balaban J connectivity index is 1.99. The van der Waals surface area contributed by atoms with E-state index < -0.39 is 0 Å². The van der Waals surface area contributed by atoms with Crippen molar-refractivity contribution < 1.29 is 9.84 Å². The molecule has 6 nitrogen and oxygen atoms in total. The third-order valence-electron chi connectivity index (χ3n) is 4.49. The van der Waals surface area contributed by atoms with E-state index in [4.69, 9.17) is 15.4 Å². The summed E-state index contributed by atoms with van der Waals surface area (Å²) in [6.07, 6.45) is 0.854. The van der Waals surface area contributed by atoms with Crippen molar-refractivity contribution in [3.8, 4) is 5.75 Å². The van der Waals surface area contributed by atoms with Crippen molar-refractivity contribution in [2.45, 2.75) is 19.4 Å². The monoisotopic (exact) mass is 430 g/mol. The molecule has 27 heavy (non-hydrogen) atoms. The minimum Gasteiger partial charge on any atom is -0.489 e. The smallest absolute Gasteiger partial charge is 0.142 e. The second-order valence-corrected chi connectivity index (χ2v) is 7.20. The molecule has 0 fully saturated rings. The lowest BCUT2D eigenvalue weighted by molar-refractivity contribution is 0.202. The van der Waals surface area contributed by atoms with Crippen molar-refractivity contribution in [2.24, 2.45) is 5.11 Å². The zero-order chi connectivity index (χ0) is 19.2. The Morgan fingerprint density at radius 3 is 2.96 bits per heavy atom. The van der Waals surface area contributed by atoms with Crippen LogP contribution in [0.1, 0.15) is 30.5 Å². The summed E-state index contributed by atoms with van der Waals surface area (Å²) in [7, 11) is 0. The highest BCUT2D eigenvalue weighted by molar-refractivity contribution is 9.10. The Bertz CT molecular complexity index is 854. The number of hydrogen-bond acceptors (Lipinski definition) is 6. The summed E-state index contributed by atoms with van der Waals surface area (Å²) in [6.45, 7) is 2.82. The van der Waals surface area contributed by atoms with Gasteiger partial charge in [-0.2, -0.15) is 5.11 Å². The van der Waals surface area contributed by atoms with Gasteiger partial charge in [-0.05, 0) is 43.2 Å². The zero-order valence-electron chi connectivity index (χ0n) is 15.1. The average Bonchev–Trinajstić information content (AvgIpc) is 2.86. The van der Waals surface area contributed by atoms with Crippen LogP contribution in [0.15, 0.2) is 57.7 Å². The van der Waals surface area contributed by atoms with Gasteiger partial charge in [-0.15, -0.1) is 0 Å². The molecule has 7 heteroatoms. The first-order valence-electron chi connectivity index (χ1n) is 8.85. The molecular weight excluding hydrogens is 408 g/mol. The molecule has 0 amide bonds. The van der Waals surface area contributed by atoms with Crippen LogP contribution in [-0.4, -0.2) is 24.9 Å². The Morgan fingerprint density at radius 1 is 1.37 bits per heavy atom. The van der Waals surface area contributed by atoms with Gasteiger partial charge in [-0.3, -0.25) is 0 Å². The summed E-state index contributed by atoms with van der Waals surface area (Å²) < 4.78 is 6.66. The van der Waals surface area contributed by atoms with E-state index in [0.717, 1.165) is 39.9 Å². The average molecular weight is 431 g/mol. The second kappa shape index (κ2) is 9.01. The fraction of sp³-hybridized carbons (Fsp3) is 0.300. The molecule has 4 N–H and O–H groups in total. The van der Waals surface area contributed by atoms with Gasteiger partial charge in [0.2, 0.25) is 0 Å². The third-order valence-corrected chi connectivity index (χ3v) is 4.98. The third kappa shape index (κ3) is 4.48. The second-order valence-electron chi connectivity index (χ2n) is 6.28. The standard InChI is InChI=1S/C20H23BrN4O2/c1-13(25-22)20-15-7-6-14(21)12-16(15)17(8-9-23-20)24-18-4-2-3-5-19(18)27-11-10-26/h2-7,12,17,22-24,26H,8-11H2,1H3/b20-13-,25-22?. The number of para-hydroxylation sites is 2. The number of hydrogen-bond donors (Lipinski definition) is 4. The summed E-state index contributed by atoms with van der Waals surface area (Å²) >= 11 is 3.57. The highest BCUT2D eigenvalue weighted by atomic mass is 79.9. The highest BCUT2D eigenvalue weighted by Crippen LogP contribution is 2.36. The van der Waals surface area contributed by atoms with Crippen LogP contribution in [0, 0.1) is 5.53 Å². The van der Waals surface area contributed by atoms with Gasteiger partial charge in [0, 0.05) is 16.6 Å². The number of anilines is 1. The van der Waals surface area contributed by atoms with Gasteiger partial charge < -0.3 is 20.5 Å². The molecule has 3 rings (SSSR count). The Labute approximate surface area is 167 Å². The van der Waals surface area contributed by atoms with Crippen LogP contribution in [0.2, 0.25) is 0 Å². The van der Waals surface area contributed by atoms with Crippen molar-refractivity contribution in [3.63, 3.8) is 0 Å². The summed E-state index contributed by atoms with van der Waals surface area (Å²) in [5.41, 5.74) is 12.0.